The Balaban J connectivity index is 1.84. The second-order valence-electron chi connectivity index (χ2n) is 5.91. The van der Waals surface area contributed by atoms with E-state index in [1.165, 1.54) is 0 Å². The van der Waals surface area contributed by atoms with Gasteiger partial charge < -0.3 is 9.88 Å². The molecule has 0 bridgehead atoms. The van der Waals surface area contributed by atoms with Crippen molar-refractivity contribution >= 4 is 17.5 Å². The van der Waals surface area contributed by atoms with Gasteiger partial charge in [0.1, 0.15) is 10.8 Å². The maximum Gasteiger partial charge on any atom is 0.471 e. The number of hydrogen-bond acceptors (Lipinski definition) is 4. The normalized spacial score (nSPS) is 15.9. The fourth-order valence-electron chi connectivity index (χ4n) is 2.93. The Morgan fingerprint density at radius 2 is 1.85 bits per heavy atom. The molecule has 0 spiro atoms. The number of H-pyrrole nitrogens is 1. The fourth-order valence-corrected chi connectivity index (χ4v) is 3.17. The monoisotopic (exact) mass is 386 g/mol. The molecule has 3 rings (SSSR count). The molecule has 2 aromatic rings. The summed E-state index contributed by atoms with van der Waals surface area (Å²) in [7, 11) is 0. The molecule has 0 aromatic carbocycles. The lowest BCUT2D eigenvalue weighted by molar-refractivity contribution is -0.186. The zero-order valence-electron chi connectivity index (χ0n) is 13.4. The first-order valence-electron chi connectivity index (χ1n) is 7.83. The van der Waals surface area contributed by atoms with E-state index < -0.39 is 17.6 Å². The van der Waals surface area contributed by atoms with E-state index in [1.807, 2.05) is 0 Å². The number of amides is 1. The number of carbonyl (C=O) groups excluding carboxylic acids is 1. The van der Waals surface area contributed by atoms with Crippen molar-refractivity contribution in [2.75, 3.05) is 13.1 Å². The summed E-state index contributed by atoms with van der Waals surface area (Å²) in [6, 6.07) is 3.33. The maximum atomic E-state index is 12.5. The van der Waals surface area contributed by atoms with Crippen LogP contribution in [0.2, 0.25) is 5.02 Å². The summed E-state index contributed by atoms with van der Waals surface area (Å²) in [4.78, 5) is 35.1. The second kappa shape index (κ2) is 7.06. The first-order valence-corrected chi connectivity index (χ1v) is 8.21. The molecule has 1 aliphatic heterocycles. The van der Waals surface area contributed by atoms with E-state index in [2.05, 4.69) is 15.0 Å². The Kier molecular flexibility index (Phi) is 4.99. The fraction of sp³-hybridized carbons (Fsp3) is 0.375. The number of likely N-dealkylation sites (tertiary alicyclic amines) is 1. The van der Waals surface area contributed by atoms with Crippen LogP contribution in [0.5, 0.6) is 0 Å². The molecule has 2 aromatic heterocycles. The highest BCUT2D eigenvalue weighted by molar-refractivity contribution is 6.31. The van der Waals surface area contributed by atoms with Gasteiger partial charge in [0.15, 0.2) is 0 Å². The minimum atomic E-state index is -4.89. The van der Waals surface area contributed by atoms with E-state index in [0.717, 1.165) is 4.90 Å². The molecule has 1 saturated heterocycles. The van der Waals surface area contributed by atoms with Crippen molar-refractivity contribution < 1.29 is 18.0 Å². The molecular formula is C16H14ClF3N4O2. The van der Waals surface area contributed by atoms with Crippen molar-refractivity contribution in [2.45, 2.75) is 24.9 Å². The third-order valence-electron chi connectivity index (χ3n) is 4.25. The number of halogens is 4. The Hall–Kier alpha value is -2.42. The number of aromatic amines is 1. The first-order chi connectivity index (χ1) is 12.3. The zero-order chi connectivity index (χ0) is 18.9. The van der Waals surface area contributed by atoms with Crippen LogP contribution in [0.15, 0.2) is 29.3 Å². The number of alkyl halides is 3. The van der Waals surface area contributed by atoms with Crippen LogP contribution < -0.4 is 5.56 Å². The maximum absolute atomic E-state index is 12.5. The highest BCUT2D eigenvalue weighted by Crippen LogP contribution is 2.32. The molecule has 138 valence electrons. The van der Waals surface area contributed by atoms with Crippen molar-refractivity contribution in [3.8, 4) is 11.4 Å². The van der Waals surface area contributed by atoms with Gasteiger partial charge in [-0.05, 0) is 25.0 Å². The minimum absolute atomic E-state index is 0.0710. The third kappa shape index (κ3) is 3.72. The summed E-state index contributed by atoms with van der Waals surface area (Å²) in [5.74, 6) is -1.84. The highest BCUT2D eigenvalue weighted by atomic mass is 35.5. The smallest absolute Gasteiger partial charge is 0.335 e. The van der Waals surface area contributed by atoms with Crippen LogP contribution in [0.3, 0.4) is 0 Å². The van der Waals surface area contributed by atoms with Gasteiger partial charge in [-0.25, -0.2) is 4.98 Å². The van der Waals surface area contributed by atoms with Crippen molar-refractivity contribution in [3.05, 3.63) is 45.6 Å². The molecule has 0 atom stereocenters. The number of nitrogens with zero attached hydrogens (tertiary/aromatic N) is 3. The van der Waals surface area contributed by atoms with Crippen LogP contribution >= 0.6 is 11.6 Å². The molecule has 1 aliphatic rings. The molecule has 26 heavy (non-hydrogen) atoms. The number of nitrogens with one attached hydrogen (secondary N) is 1. The van der Waals surface area contributed by atoms with Gasteiger partial charge in [0, 0.05) is 37.0 Å². The topological polar surface area (TPSA) is 79.0 Å². The summed E-state index contributed by atoms with van der Waals surface area (Å²) in [6.45, 7) is -0.142. The van der Waals surface area contributed by atoms with Gasteiger partial charge >= 0.3 is 12.1 Å². The van der Waals surface area contributed by atoms with E-state index in [9.17, 15) is 22.8 Å². The predicted molar refractivity (Wildman–Crippen MR) is 87.7 cm³/mol. The molecule has 1 fully saturated rings. The molecular weight excluding hydrogens is 373 g/mol. The number of hydrogen-bond donors (Lipinski definition) is 1. The number of aromatic nitrogens is 3. The lowest BCUT2D eigenvalue weighted by atomic mass is 9.93. The van der Waals surface area contributed by atoms with Crippen LogP contribution in [-0.2, 0) is 4.79 Å². The minimum Gasteiger partial charge on any atom is -0.335 e. The van der Waals surface area contributed by atoms with Crippen LogP contribution in [0.25, 0.3) is 11.4 Å². The summed E-state index contributed by atoms with van der Waals surface area (Å²) in [6.07, 6.45) is -1.31. The van der Waals surface area contributed by atoms with Crippen molar-refractivity contribution in [3.63, 3.8) is 0 Å². The van der Waals surface area contributed by atoms with Crippen LogP contribution in [0.1, 0.15) is 24.5 Å². The van der Waals surface area contributed by atoms with E-state index in [1.54, 1.807) is 24.5 Å². The second-order valence-corrected chi connectivity index (χ2v) is 6.29. The van der Waals surface area contributed by atoms with Crippen LogP contribution in [0.4, 0.5) is 13.2 Å². The van der Waals surface area contributed by atoms with Crippen LogP contribution in [-0.4, -0.2) is 45.0 Å². The largest absolute Gasteiger partial charge is 0.471 e. The van der Waals surface area contributed by atoms with Gasteiger partial charge in [0.05, 0.1) is 5.69 Å². The van der Waals surface area contributed by atoms with Gasteiger partial charge in [-0.1, -0.05) is 11.6 Å². The molecule has 0 unspecified atom stereocenters. The summed E-state index contributed by atoms with van der Waals surface area (Å²) >= 11 is 6.08. The SMILES string of the molecule is O=C(N1CCC(c2nc(-c3ccncc3)[nH]c(=O)c2Cl)CC1)C(F)(F)F. The van der Waals surface area contributed by atoms with Gasteiger partial charge in [-0.3, -0.25) is 14.6 Å². The summed E-state index contributed by atoms with van der Waals surface area (Å²) in [5, 5.41) is -0.0802. The molecule has 1 amide bonds. The third-order valence-corrected chi connectivity index (χ3v) is 4.62. The quantitative estimate of drug-likeness (QED) is 0.860. The van der Waals surface area contributed by atoms with E-state index >= 15 is 0 Å². The van der Waals surface area contributed by atoms with E-state index in [0.29, 0.717) is 17.1 Å². The van der Waals surface area contributed by atoms with Crippen molar-refractivity contribution in [1.29, 1.82) is 0 Å². The highest BCUT2D eigenvalue weighted by Gasteiger charge is 2.43. The average Bonchev–Trinajstić information content (AvgIpc) is 2.63. The number of pyridine rings is 1. The lowest BCUT2D eigenvalue weighted by Crippen LogP contribution is -2.45. The standard InChI is InChI=1S/C16H14ClF3N4O2/c17-11-12(9-3-7-24(8-4-9)15(26)16(18,19)20)22-13(23-14(11)25)10-1-5-21-6-2-10/h1-2,5-6,9H,3-4,7-8H2,(H,22,23,25). The van der Waals surface area contributed by atoms with E-state index in [-0.39, 0.29) is 36.9 Å². The molecule has 10 heteroatoms. The Labute approximate surface area is 151 Å². The van der Waals surface area contributed by atoms with Gasteiger partial charge in [0.25, 0.3) is 5.56 Å². The van der Waals surface area contributed by atoms with Gasteiger partial charge in [-0.15, -0.1) is 0 Å². The average molecular weight is 387 g/mol. The Bertz CT molecular complexity index is 862. The van der Waals surface area contributed by atoms with E-state index in [4.69, 9.17) is 11.6 Å². The first kappa shape index (κ1) is 18.4. The Morgan fingerprint density at radius 3 is 2.42 bits per heavy atom. The zero-order valence-corrected chi connectivity index (χ0v) is 14.1. The van der Waals surface area contributed by atoms with Crippen LogP contribution in [0, 0.1) is 0 Å². The summed E-state index contributed by atoms with van der Waals surface area (Å²) in [5.41, 5.74) is 0.457. The molecule has 0 aliphatic carbocycles. The van der Waals surface area contributed by atoms with Crippen molar-refractivity contribution in [2.24, 2.45) is 0 Å². The summed E-state index contributed by atoms with van der Waals surface area (Å²) < 4.78 is 37.6. The molecule has 0 saturated carbocycles. The van der Waals surface area contributed by atoms with Crippen molar-refractivity contribution in [1.82, 2.24) is 19.9 Å². The number of carbonyl (C=O) groups is 1. The number of piperidine rings is 1. The van der Waals surface area contributed by atoms with Gasteiger partial charge in [0.2, 0.25) is 0 Å². The molecule has 3 heterocycles. The predicted octanol–water partition coefficient (Wildman–Crippen LogP) is 2.75. The molecule has 6 nitrogen and oxygen atoms in total. The lowest BCUT2D eigenvalue weighted by Gasteiger charge is -2.32. The van der Waals surface area contributed by atoms with Gasteiger partial charge in [-0.2, -0.15) is 13.2 Å². The molecule has 1 N–H and O–H groups in total. The molecule has 0 radical (unpaired) electrons. The Morgan fingerprint density at radius 1 is 1.23 bits per heavy atom. The number of rotatable bonds is 2.